The third kappa shape index (κ3) is 4.59. The van der Waals surface area contributed by atoms with E-state index in [1.165, 1.54) is 137 Å². The van der Waals surface area contributed by atoms with Crippen LogP contribution in [0.2, 0.25) is 0 Å². The Balaban J connectivity index is 1.06. The average Bonchev–Trinajstić information content (AvgIpc) is 3.98. The Morgan fingerprint density at radius 3 is 1.42 bits per heavy atom. The van der Waals surface area contributed by atoms with Crippen LogP contribution in [0, 0.1) is 0 Å². The molecule has 15 rings (SSSR count). The number of aromatic nitrogens is 1. The minimum atomic E-state index is -0.499. The number of rotatable bonds is 3. The summed E-state index contributed by atoms with van der Waals surface area (Å²) in [6, 6.07) is 89.0. The van der Waals surface area contributed by atoms with Gasteiger partial charge in [0.2, 0.25) is 0 Å². The Morgan fingerprint density at radius 1 is 0.258 bits per heavy atom. The molecule has 1 aromatic heterocycles. The summed E-state index contributed by atoms with van der Waals surface area (Å²) >= 11 is 0. The van der Waals surface area contributed by atoms with Crippen molar-refractivity contribution in [1.29, 1.82) is 0 Å². The summed E-state index contributed by atoms with van der Waals surface area (Å²) in [6.07, 6.45) is 0. The molecule has 1 heterocycles. The van der Waals surface area contributed by atoms with E-state index in [4.69, 9.17) is 0 Å². The predicted molar refractivity (Wildman–Crippen MR) is 278 cm³/mol. The van der Waals surface area contributed by atoms with Gasteiger partial charge in [-0.25, -0.2) is 0 Å². The second kappa shape index (κ2) is 13.3. The fraction of sp³-hybridized carbons (Fsp3) is 0.0154. The van der Waals surface area contributed by atoms with Crippen molar-refractivity contribution in [3.05, 3.63) is 259 Å². The zero-order valence-corrected chi connectivity index (χ0v) is 36.0. The van der Waals surface area contributed by atoms with Crippen LogP contribution in [-0.2, 0) is 5.41 Å². The largest absolute Gasteiger partial charge is 0.309 e. The van der Waals surface area contributed by atoms with Crippen LogP contribution in [0.5, 0.6) is 0 Å². The molecule has 1 heteroatoms. The second-order valence-corrected chi connectivity index (χ2v) is 18.2. The van der Waals surface area contributed by atoms with Crippen LogP contribution in [0.15, 0.2) is 237 Å². The summed E-state index contributed by atoms with van der Waals surface area (Å²) < 4.78 is 2.40. The molecular weight excluding hydrogens is 795 g/mol. The zero-order chi connectivity index (χ0) is 43.1. The van der Waals surface area contributed by atoms with Crippen LogP contribution in [0.25, 0.3) is 115 Å². The summed E-state index contributed by atoms with van der Waals surface area (Å²) in [5.41, 5.74) is 18.9. The minimum Gasteiger partial charge on any atom is -0.309 e. The van der Waals surface area contributed by atoms with Gasteiger partial charge in [-0.3, -0.25) is 0 Å². The second-order valence-electron chi connectivity index (χ2n) is 18.2. The van der Waals surface area contributed by atoms with E-state index in [9.17, 15) is 0 Å². The first-order valence-electron chi connectivity index (χ1n) is 23.1. The third-order valence-electron chi connectivity index (χ3n) is 15.1. The number of para-hydroxylation sites is 2. The maximum atomic E-state index is 2.61. The lowest BCUT2D eigenvalue weighted by atomic mass is 9.69. The highest BCUT2D eigenvalue weighted by atomic mass is 15.0. The molecule has 1 spiro atoms. The van der Waals surface area contributed by atoms with Crippen molar-refractivity contribution in [2.75, 3.05) is 0 Å². The first-order valence-corrected chi connectivity index (χ1v) is 23.1. The first kappa shape index (κ1) is 35.9. The number of benzene rings is 12. The molecule has 0 unspecified atom stereocenters. The molecule has 12 aromatic carbocycles. The summed E-state index contributed by atoms with van der Waals surface area (Å²) in [6.45, 7) is 0. The zero-order valence-electron chi connectivity index (χ0n) is 36.0. The SMILES string of the molecule is c1ccc(-n2c3ccccc3c3cc(-c4c5ccccc5c(-c5cc6c(c7ccccc57)-c5cc7ccccc7cc5C65c6ccccc6-c6ccccc65)c5ccccc45)ccc32)cc1. The Morgan fingerprint density at radius 2 is 0.758 bits per heavy atom. The van der Waals surface area contributed by atoms with Gasteiger partial charge in [-0.2, -0.15) is 0 Å². The van der Waals surface area contributed by atoms with Crippen molar-refractivity contribution >= 4 is 64.9 Å². The third-order valence-corrected chi connectivity index (χ3v) is 15.1. The summed E-state index contributed by atoms with van der Waals surface area (Å²) in [7, 11) is 0. The predicted octanol–water partition coefficient (Wildman–Crippen LogP) is 17.1. The highest BCUT2D eigenvalue weighted by Gasteiger charge is 2.52. The summed E-state index contributed by atoms with van der Waals surface area (Å²) in [4.78, 5) is 0. The molecule has 0 bridgehead atoms. The van der Waals surface area contributed by atoms with Crippen LogP contribution in [0.1, 0.15) is 22.3 Å². The van der Waals surface area contributed by atoms with Gasteiger partial charge in [0.25, 0.3) is 0 Å². The van der Waals surface area contributed by atoms with Gasteiger partial charge in [0, 0.05) is 16.5 Å². The number of fused-ring (bicyclic) bond motifs is 18. The number of nitrogens with zero attached hydrogens (tertiary/aromatic N) is 1. The molecule has 0 fully saturated rings. The quantitative estimate of drug-likeness (QED) is 0.156. The van der Waals surface area contributed by atoms with Gasteiger partial charge >= 0.3 is 0 Å². The van der Waals surface area contributed by atoms with E-state index in [0.29, 0.717) is 0 Å². The van der Waals surface area contributed by atoms with E-state index in [0.717, 1.165) is 0 Å². The van der Waals surface area contributed by atoms with E-state index in [-0.39, 0.29) is 0 Å². The molecule has 0 radical (unpaired) electrons. The van der Waals surface area contributed by atoms with E-state index < -0.39 is 5.41 Å². The Labute approximate surface area is 382 Å². The van der Waals surface area contributed by atoms with Crippen LogP contribution in [0.3, 0.4) is 0 Å². The van der Waals surface area contributed by atoms with Gasteiger partial charge in [-0.1, -0.05) is 188 Å². The normalized spacial score (nSPS) is 13.3. The van der Waals surface area contributed by atoms with Crippen LogP contribution < -0.4 is 0 Å². The van der Waals surface area contributed by atoms with E-state index >= 15 is 0 Å². The molecular formula is C65H39N. The van der Waals surface area contributed by atoms with Gasteiger partial charge in [0.05, 0.1) is 16.4 Å². The lowest BCUT2D eigenvalue weighted by Gasteiger charge is -2.31. The van der Waals surface area contributed by atoms with Crippen molar-refractivity contribution in [1.82, 2.24) is 4.57 Å². The minimum absolute atomic E-state index is 0.499. The van der Waals surface area contributed by atoms with Gasteiger partial charge in [0.15, 0.2) is 0 Å². The standard InChI is InChI=1S/C65H39N/c1-2-20-43(21-3-1)66-60-33-17-14-25-47(60)53-37-42(34-35-61(53)66)62-49-27-8-10-29-51(49)63(52-30-11-9-28-50(52)62)54-39-59-64(48-26-7-6-22-44(48)54)55-36-40-18-4-5-19-41(40)38-58(55)65(59)56-31-15-12-23-45(56)46-24-13-16-32-57(46)65/h1-39H. The molecule has 2 aliphatic carbocycles. The molecule has 0 saturated heterocycles. The van der Waals surface area contributed by atoms with E-state index in [1.54, 1.807) is 0 Å². The molecule has 0 amide bonds. The maximum Gasteiger partial charge on any atom is 0.0726 e. The van der Waals surface area contributed by atoms with Crippen molar-refractivity contribution in [2.45, 2.75) is 5.41 Å². The fourth-order valence-corrected chi connectivity index (χ4v) is 12.6. The lowest BCUT2D eigenvalue weighted by Crippen LogP contribution is -2.26. The van der Waals surface area contributed by atoms with Crippen molar-refractivity contribution < 1.29 is 0 Å². The molecule has 2 aliphatic rings. The van der Waals surface area contributed by atoms with Gasteiger partial charge in [0.1, 0.15) is 0 Å². The number of hydrogen-bond acceptors (Lipinski definition) is 0. The highest BCUT2D eigenvalue weighted by molar-refractivity contribution is 6.26. The molecule has 0 atom stereocenters. The Hall–Kier alpha value is -8.52. The molecule has 0 saturated carbocycles. The van der Waals surface area contributed by atoms with Gasteiger partial charge in [-0.05, 0) is 158 Å². The Kier molecular flexibility index (Phi) is 7.21. The van der Waals surface area contributed by atoms with E-state index in [1.807, 2.05) is 0 Å². The summed E-state index contributed by atoms with van der Waals surface area (Å²) in [5.74, 6) is 0. The van der Waals surface area contributed by atoms with Crippen LogP contribution >= 0.6 is 0 Å². The molecule has 0 aliphatic heterocycles. The molecule has 13 aromatic rings. The van der Waals surface area contributed by atoms with E-state index in [2.05, 4.69) is 241 Å². The van der Waals surface area contributed by atoms with Gasteiger partial charge < -0.3 is 4.57 Å². The van der Waals surface area contributed by atoms with Crippen molar-refractivity contribution in [2.24, 2.45) is 0 Å². The highest BCUT2D eigenvalue weighted by Crippen LogP contribution is 2.65. The average molecular weight is 834 g/mol. The van der Waals surface area contributed by atoms with Crippen molar-refractivity contribution in [3.63, 3.8) is 0 Å². The van der Waals surface area contributed by atoms with Crippen LogP contribution in [0.4, 0.5) is 0 Å². The monoisotopic (exact) mass is 833 g/mol. The lowest BCUT2D eigenvalue weighted by molar-refractivity contribution is 0.796. The van der Waals surface area contributed by atoms with Crippen LogP contribution in [-0.4, -0.2) is 4.57 Å². The first-order chi connectivity index (χ1) is 32.8. The molecule has 304 valence electrons. The smallest absolute Gasteiger partial charge is 0.0726 e. The molecule has 0 N–H and O–H groups in total. The summed E-state index contributed by atoms with van der Waals surface area (Å²) in [5, 5.41) is 12.6. The fourth-order valence-electron chi connectivity index (χ4n) is 12.6. The van der Waals surface area contributed by atoms with Gasteiger partial charge in [-0.15, -0.1) is 0 Å². The number of hydrogen-bond donors (Lipinski definition) is 0. The Bertz CT molecular complexity index is 4120. The molecule has 1 nitrogen and oxygen atoms in total. The maximum absolute atomic E-state index is 2.61. The molecule has 66 heavy (non-hydrogen) atoms. The van der Waals surface area contributed by atoms with Crippen molar-refractivity contribution in [3.8, 4) is 50.2 Å². The topological polar surface area (TPSA) is 4.93 Å².